The Balaban J connectivity index is 1.42. The van der Waals surface area contributed by atoms with E-state index in [0.717, 1.165) is 45.0 Å². The average molecular weight is 528 g/mol. The quantitative estimate of drug-likeness (QED) is 0.252. The number of imidazole rings is 1. The number of rotatable bonds is 5. The van der Waals surface area contributed by atoms with Gasteiger partial charge in [0.15, 0.2) is 11.5 Å². The van der Waals surface area contributed by atoms with Gasteiger partial charge < -0.3 is 9.13 Å². The molecule has 10 heteroatoms. The van der Waals surface area contributed by atoms with Crippen molar-refractivity contribution >= 4 is 21.9 Å². The van der Waals surface area contributed by atoms with E-state index < -0.39 is 11.9 Å². The molecular formula is C29H24F3N7. The maximum Gasteiger partial charge on any atom is 0.434 e. The van der Waals surface area contributed by atoms with Crippen molar-refractivity contribution in [2.45, 2.75) is 32.5 Å². The smallest absolute Gasteiger partial charge is 0.333 e. The molecule has 0 aliphatic heterocycles. The highest BCUT2D eigenvalue weighted by atomic mass is 19.4. The molecule has 7 nitrogen and oxygen atoms in total. The highest BCUT2D eigenvalue weighted by molar-refractivity contribution is 6.06. The number of aryl methyl sites for hydroxylation is 1. The van der Waals surface area contributed by atoms with Crippen LogP contribution >= 0.6 is 0 Å². The number of benzene rings is 1. The zero-order chi connectivity index (χ0) is 27.3. The third-order valence-electron chi connectivity index (χ3n) is 6.75. The van der Waals surface area contributed by atoms with Gasteiger partial charge >= 0.3 is 6.18 Å². The van der Waals surface area contributed by atoms with Gasteiger partial charge in [-0.3, -0.25) is 9.97 Å². The van der Waals surface area contributed by atoms with Crippen molar-refractivity contribution in [3.8, 4) is 22.8 Å². The van der Waals surface area contributed by atoms with E-state index in [2.05, 4.69) is 38.4 Å². The van der Waals surface area contributed by atoms with Crippen LogP contribution in [-0.4, -0.2) is 34.1 Å². The zero-order valence-corrected chi connectivity index (χ0v) is 21.5. The van der Waals surface area contributed by atoms with E-state index in [1.54, 1.807) is 37.8 Å². The maximum atomic E-state index is 13.1. The van der Waals surface area contributed by atoms with Gasteiger partial charge in [0.25, 0.3) is 0 Å². The van der Waals surface area contributed by atoms with E-state index in [-0.39, 0.29) is 11.7 Å². The Bertz CT molecular complexity index is 1820. The van der Waals surface area contributed by atoms with Gasteiger partial charge in [0.05, 0.1) is 17.4 Å². The van der Waals surface area contributed by atoms with Crippen LogP contribution in [0, 0.1) is 0 Å². The van der Waals surface area contributed by atoms with E-state index in [1.807, 2.05) is 36.5 Å². The van der Waals surface area contributed by atoms with Gasteiger partial charge in [0.2, 0.25) is 0 Å². The van der Waals surface area contributed by atoms with Crippen LogP contribution < -0.4 is 0 Å². The highest BCUT2D eigenvalue weighted by Gasteiger charge is 2.34. The minimum absolute atomic E-state index is 0.208. The van der Waals surface area contributed by atoms with Crippen LogP contribution in [0.25, 0.3) is 44.7 Å². The Labute approximate surface area is 222 Å². The fourth-order valence-corrected chi connectivity index (χ4v) is 4.88. The summed E-state index contributed by atoms with van der Waals surface area (Å²) in [6, 6.07) is 13.2. The highest BCUT2D eigenvalue weighted by Crippen LogP contribution is 2.33. The normalized spacial score (nSPS) is 12.2. The van der Waals surface area contributed by atoms with Crippen molar-refractivity contribution < 1.29 is 13.2 Å². The summed E-state index contributed by atoms with van der Waals surface area (Å²) in [5, 5.41) is 1.90. The minimum Gasteiger partial charge on any atom is -0.333 e. The molecule has 0 aliphatic carbocycles. The second-order valence-corrected chi connectivity index (χ2v) is 9.76. The number of halogens is 3. The number of pyridine rings is 2. The molecule has 0 spiro atoms. The van der Waals surface area contributed by atoms with Crippen LogP contribution in [0.3, 0.4) is 0 Å². The van der Waals surface area contributed by atoms with E-state index in [0.29, 0.717) is 17.9 Å². The molecule has 6 rings (SSSR count). The third kappa shape index (κ3) is 4.41. The van der Waals surface area contributed by atoms with Gasteiger partial charge in [0, 0.05) is 60.3 Å². The molecule has 0 bridgehead atoms. The van der Waals surface area contributed by atoms with E-state index >= 15 is 0 Å². The van der Waals surface area contributed by atoms with Crippen molar-refractivity contribution in [1.29, 1.82) is 0 Å². The second-order valence-electron chi connectivity index (χ2n) is 9.76. The number of hydrogen-bond donors (Lipinski definition) is 0. The van der Waals surface area contributed by atoms with Gasteiger partial charge in [-0.15, -0.1) is 0 Å². The number of alkyl halides is 3. The third-order valence-corrected chi connectivity index (χ3v) is 6.75. The lowest BCUT2D eigenvalue weighted by Gasteiger charge is -2.11. The first-order chi connectivity index (χ1) is 18.7. The van der Waals surface area contributed by atoms with Gasteiger partial charge in [-0.05, 0) is 29.7 Å². The molecular weight excluding hydrogens is 503 g/mol. The lowest BCUT2D eigenvalue weighted by molar-refractivity contribution is -0.140. The van der Waals surface area contributed by atoms with Crippen LogP contribution in [-0.2, 0) is 19.8 Å². The lowest BCUT2D eigenvalue weighted by Crippen LogP contribution is -2.05. The Morgan fingerprint density at radius 3 is 2.41 bits per heavy atom. The van der Waals surface area contributed by atoms with Crippen molar-refractivity contribution in [3.05, 3.63) is 90.4 Å². The standard InChI is InChI=1S/C29H24F3N7/c1-17(2)25-21(5-4-11-34-25)26-35-13-22-20-10-12-33-14-23(20)39(28(22)37-26)15-18-6-8-19(9-7-18)27-36-24(16-38(27)3)29(30,31)32/h4-14,16-17H,15H2,1-3H3. The van der Waals surface area contributed by atoms with Gasteiger partial charge in [0.1, 0.15) is 11.5 Å². The molecule has 5 heterocycles. The molecule has 1 aromatic carbocycles. The summed E-state index contributed by atoms with van der Waals surface area (Å²) < 4.78 is 42.9. The predicted octanol–water partition coefficient (Wildman–Crippen LogP) is 6.63. The summed E-state index contributed by atoms with van der Waals surface area (Å²) >= 11 is 0. The molecule has 0 atom stereocenters. The fourth-order valence-electron chi connectivity index (χ4n) is 4.88. The topological polar surface area (TPSA) is 74.3 Å². The number of hydrogen-bond acceptors (Lipinski definition) is 5. The average Bonchev–Trinajstić information content (AvgIpc) is 3.47. The van der Waals surface area contributed by atoms with Gasteiger partial charge in [-0.1, -0.05) is 38.1 Å². The SMILES string of the molecule is CC(C)c1ncccc1-c1ncc2c3ccncc3n(Cc3ccc(-c4nc(C(F)(F)F)cn4C)cc3)c2n1. The first kappa shape index (κ1) is 24.7. The molecule has 196 valence electrons. The lowest BCUT2D eigenvalue weighted by atomic mass is 10.0. The van der Waals surface area contributed by atoms with Crippen LogP contribution in [0.1, 0.15) is 36.7 Å². The molecule has 6 aromatic rings. The van der Waals surface area contributed by atoms with Crippen molar-refractivity contribution in [2.75, 3.05) is 0 Å². The summed E-state index contributed by atoms with van der Waals surface area (Å²) in [4.78, 5) is 22.4. The molecule has 0 N–H and O–H groups in total. The van der Waals surface area contributed by atoms with Crippen molar-refractivity contribution in [1.82, 2.24) is 34.1 Å². The molecule has 39 heavy (non-hydrogen) atoms. The summed E-state index contributed by atoms with van der Waals surface area (Å²) in [5.74, 6) is 1.06. The number of aromatic nitrogens is 7. The molecule has 0 saturated carbocycles. The largest absolute Gasteiger partial charge is 0.434 e. The number of fused-ring (bicyclic) bond motifs is 3. The Morgan fingerprint density at radius 2 is 1.69 bits per heavy atom. The van der Waals surface area contributed by atoms with E-state index in [4.69, 9.17) is 4.98 Å². The first-order valence-corrected chi connectivity index (χ1v) is 12.4. The number of nitrogens with zero attached hydrogens (tertiary/aromatic N) is 7. The minimum atomic E-state index is -4.49. The molecule has 0 aliphatic rings. The van der Waals surface area contributed by atoms with Crippen molar-refractivity contribution in [2.24, 2.45) is 7.05 Å². The monoisotopic (exact) mass is 527 g/mol. The summed E-state index contributed by atoms with van der Waals surface area (Å²) in [6.45, 7) is 4.66. The van der Waals surface area contributed by atoms with Gasteiger partial charge in [-0.2, -0.15) is 13.2 Å². The molecule has 0 fully saturated rings. The molecule has 0 amide bonds. The Hall–Kier alpha value is -4.60. The predicted molar refractivity (Wildman–Crippen MR) is 143 cm³/mol. The van der Waals surface area contributed by atoms with E-state index in [9.17, 15) is 13.2 Å². The molecule has 0 saturated heterocycles. The fraction of sp³-hybridized carbons (Fsp3) is 0.207. The summed E-state index contributed by atoms with van der Waals surface area (Å²) in [7, 11) is 1.56. The maximum absolute atomic E-state index is 13.1. The van der Waals surface area contributed by atoms with Gasteiger partial charge in [-0.25, -0.2) is 15.0 Å². The Kier molecular flexibility index (Phi) is 5.90. The first-order valence-electron chi connectivity index (χ1n) is 12.4. The van der Waals surface area contributed by atoms with Crippen molar-refractivity contribution in [3.63, 3.8) is 0 Å². The zero-order valence-electron chi connectivity index (χ0n) is 21.5. The molecule has 0 radical (unpaired) electrons. The molecule has 5 aromatic heterocycles. The Morgan fingerprint density at radius 1 is 0.897 bits per heavy atom. The summed E-state index contributed by atoms with van der Waals surface area (Å²) in [6.07, 6.45) is 3.68. The van der Waals surface area contributed by atoms with Crippen LogP contribution in [0.2, 0.25) is 0 Å². The molecule has 0 unspecified atom stereocenters. The summed E-state index contributed by atoms with van der Waals surface area (Å²) in [5.41, 5.74) is 4.15. The van der Waals surface area contributed by atoms with Crippen LogP contribution in [0.5, 0.6) is 0 Å². The van der Waals surface area contributed by atoms with Crippen LogP contribution in [0.15, 0.2) is 73.4 Å². The second kappa shape index (κ2) is 9.30. The van der Waals surface area contributed by atoms with Crippen LogP contribution in [0.4, 0.5) is 13.2 Å². The van der Waals surface area contributed by atoms with E-state index in [1.165, 1.54) is 4.57 Å².